The van der Waals surface area contributed by atoms with Crippen molar-refractivity contribution in [1.29, 1.82) is 0 Å². The number of aromatic amines is 1. The second-order valence-electron chi connectivity index (χ2n) is 6.77. The monoisotopic (exact) mass is 349 g/mol. The first-order chi connectivity index (χ1) is 12.7. The number of nitrogens with zero attached hydrogens (tertiary/aromatic N) is 2. The first-order valence-electron chi connectivity index (χ1n) is 9.11. The van der Waals surface area contributed by atoms with Gasteiger partial charge in [-0.05, 0) is 49.1 Å². The van der Waals surface area contributed by atoms with Crippen LogP contribution in [0.4, 0.5) is 0 Å². The minimum atomic E-state index is 0.0225. The Hall–Kier alpha value is -2.82. The van der Waals surface area contributed by atoms with Gasteiger partial charge in [-0.3, -0.25) is 4.79 Å². The van der Waals surface area contributed by atoms with Crippen LogP contribution in [0.1, 0.15) is 36.7 Å². The zero-order valence-electron chi connectivity index (χ0n) is 14.9. The molecule has 3 aromatic rings. The Morgan fingerprint density at radius 3 is 2.96 bits per heavy atom. The average molecular weight is 349 g/mol. The molecule has 0 saturated carbocycles. The predicted octanol–water partition coefficient (Wildman–Crippen LogP) is 3.87. The van der Waals surface area contributed by atoms with Gasteiger partial charge in [0.25, 0.3) is 0 Å². The van der Waals surface area contributed by atoms with Gasteiger partial charge in [-0.25, -0.2) is 4.98 Å². The Morgan fingerprint density at radius 2 is 2.12 bits per heavy atom. The van der Waals surface area contributed by atoms with Crippen LogP contribution in [0.5, 0.6) is 5.75 Å². The number of imidazole rings is 1. The molecule has 1 unspecified atom stereocenters. The van der Waals surface area contributed by atoms with Crippen LogP contribution in [-0.4, -0.2) is 34.4 Å². The molecule has 0 aliphatic carbocycles. The van der Waals surface area contributed by atoms with Crippen LogP contribution < -0.4 is 4.74 Å². The number of fused-ring (bicyclic) bond motifs is 1. The van der Waals surface area contributed by atoms with Crippen molar-refractivity contribution >= 4 is 16.9 Å². The lowest BCUT2D eigenvalue weighted by Crippen LogP contribution is -2.39. The van der Waals surface area contributed by atoms with E-state index in [1.165, 1.54) is 0 Å². The predicted molar refractivity (Wildman–Crippen MR) is 101 cm³/mol. The fourth-order valence-electron chi connectivity index (χ4n) is 3.70. The molecule has 0 bridgehead atoms. The molecule has 1 aliphatic rings. The number of rotatable bonds is 4. The van der Waals surface area contributed by atoms with Crippen LogP contribution in [0.15, 0.2) is 48.5 Å². The molecule has 1 N–H and O–H groups in total. The highest BCUT2D eigenvalue weighted by Gasteiger charge is 2.30. The molecule has 0 spiro atoms. The molecule has 1 aliphatic heterocycles. The average Bonchev–Trinajstić information content (AvgIpc) is 3.12. The molecule has 1 fully saturated rings. The van der Waals surface area contributed by atoms with Crippen molar-refractivity contribution in [3.63, 3.8) is 0 Å². The largest absolute Gasteiger partial charge is 0.497 e. The Labute approximate surface area is 153 Å². The number of H-pyrrole nitrogens is 1. The number of amides is 1. The van der Waals surface area contributed by atoms with Crippen molar-refractivity contribution < 1.29 is 9.53 Å². The highest BCUT2D eigenvalue weighted by Crippen LogP contribution is 2.31. The number of methoxy groups -OCH3 is 1. The Bertz CT molecular complexity index is 885. The maximum absolute atomic E-state index is 13.0. The van der Waals surface area contributed by atoms with E-state index in [-0.39, 0.29) is 11.9 Å². The SMILES string of the molecule is COc1cccc(CC(=O)N2CCCCC2c2nc3ccccc3[nH]2)c1. The van der Waals surface area contributed by atoms with Gasteiger partial charge in [-0.1, -0.05) is 24.3 Å². The van der Waals surface area contributed by atoms with Gasteiger partial charge in [-0.2, -0.15) is 0 Å². The van der Waals surface area contributed by atoms with E-state index < -0.39 is 0 Å². The number of piperidine rings is 1. The Balaban J connectivity index is 1.57. The summed E-state index contributed by atoms with van der Waals surface area (Å²) in [6, 6.07) is 15.8. The van der Waals surface area contributed by atoms with Gasteiger partial charge in [0.2, 0.25) is 5.91 Å². The molecule has 2 heterocycles. The van der Waals surface area contributed by atoms with Gasteiger partial charge in [0, 0.05) is 6.54 Å². The van der Waals surface area contributed by atoms with E-state index in [1.807, 2.05) is 53.4 Å². The first kappa shape index (κ1) is 16.6. The summed E-state index contributed by atoms with van der Waals surface area (Å²) in [5.41, 5.74) is 2.95. The summed E-state index contributed by atoms with van der Waals surface area (Å²) in [5.74, 6) is 1.82. The summed E-state index contributed by atoms with van der Waals surface area (Å²) in [7, 11) is 1.64. The van der Waals surface area contributed by atoms with Crippen molar-refractivity contribution in [3.8, 4) is 5.75 Å². The summed E-state index contributed by atoms with van der Waals surface area (Å²) in [4.78, 5) is 23.1. The standard InChI is InChI=1S/C21H23N3O2/c1-26-16-8-6-7-15(13-16)14-20(25)24-12-5-4-11-19(24)21-22-17-9-2-3-10-18(17)23-21/h2-3,6-10,13,19H,4-5,11-12,14H2,1H3,(H,22,23). The first-order valence-corrected chi connectivity index (χ1v) is 9.11. The molecule has 0 radical (unpaired) electrons. The lowest BCUT2D eigenvalue weighted by molar-refractivity contribution is -0.134. The summed E-state index contributed by atoms with van der Waals surface area (Å²) in [6.45, 7) is 0.782. The molecule has 5 heteroatoms. The summed E-state index contributed by atoms with van der Waals surface area (Å²) in [6.07, 6.45) is 3.49. The summed E-state index contributed by atoms with van der Waals surface area (Å²) >= 11 is 0. The second kappa shape index (κ2) is 7.20. The number of likely N-dealkylation sites (tertiary alicyclic amines) is 1. The molecule has 2 aromatic carbocycles. The van der Waals surface area contributed by atoms with Crippen LogP contribution in [0.25, 0.3) is 11.0 Å². The Kier molecular flexibility index (Phi) is 4.61. The van der Waals surface area contributed by atoms with Crippen LogP contribution in [0.2, 0.25) is 0 Å². The molecule has 26 heavy (non-hydrogen) atoms. The lowest BCUT2D eigenvalue weighted by Gasteiger charge is -2.34. The van der Waals surface area contributed by atoms with E-state index in [9.17, 15) is 4.79 Å². The van der Waals surface area contributed by atoms with Crippen LogP contribution >= 0.6 is 0 Å². The minimum absolute atomic E-state index is 0.0225. The number of nitrogens with one attached hydrogen (secondary N) is 1. The van der Waals surface area contributed by atoms with Gasteiger partial charge in [0.15, 0.2) is 0 Å². The maximum Gasteiger partial charge on any atom is 0.227 e. The second-order valence-corrected chi connectivity index (χ2v) is 6.77. The maximum atomic E-state index is 13.0. The van der Waals surface area contributed by atoms with Crippen LogP contribution in [-0.2, 0) is 11.2 Å². The van der Waals surface area contributed by atoms with E-state index in [2.05, 4.69) is 4.98 Å². The Morgan fingerprint density at radius 1 is 1.23 bits per heavy atom. The number of hydrogen-bond acceptors (Lipinski definition) is 3. The fraction of sp³-hybridized carbons (Fsp3) is 0.333. The van der Waals surface area contributed by atoms with E-state index >= 15 is 0 Å². The molecule has 5 nitrogen and oxygen atoms in total. The lowest BCUT2D eigenvalue weighted by atomic mass is 10.00. The van der Waals surface area contributed by atoms with E-state index in [4.69, 9.17) is 9.72 Å². The van der Waals surface area contributed by atoms with Crippen molar-refractivity contribution in [3.05, 3.63) is 59.9 Å². The number of aromatic nitrogens is 2. The third-order valence-corrected chi connectivity index (χ3v) is 5.04. The molecule has 1 saturated heterocycles. The molecule has 4 rings (SSSR count). The zero-order chi connectivity index (χ0) is 17.9. The molecular formula is C21H23N3O2. The molecule has 1 amide bonds. The molecule has 1 aromatic heterocycles. The number of carbonyl (C=O) groups is 1. The zero-order valence-corrected chi connectivity index (χ0v) is 14.9. The normalized spacial score (nSPS) is 17.4. The minimum Gasteiger partial charge on any atom is -0.497 e. The quantitative estimate of drug-likeness (QED) is 0.778. The van der Waals surface area contributed by atoms with E-state index in [0.29, 0.717) is 6.42 Å². The van der Waals surface area contributed by atoms with Gasteiger partial charge in [0.05, 0.1) is 30.6 Å². The van der Waals surface area contributed by atoms with Crippen molar-refractivity contribution in [1.82, 2.24) is 14.9 Å². The van der Waals surface area contributed by atoms with Gasteiger partial charge >= 0.3 is 0 Å². The van der Waals surface area contributed by atoms with Gasteiger partial charge in [-0.15, -0.1) is 0 Å². The number of ether oxygens (including phenoxy) is 1. The van der Waals surface area contributed by atoms with Crippen molar-refractivity contribution in [2.45, 2.75) is 31.7 Å². The molecule has 1 atom stereocenters. The fourth-order valence-corrected chi connectivity index (χ4v) is 3.70. The molecular weight excluding hydrogens is 326 g/mol. The van der Waals surface area contributed by atoms with E-state index in [1.54, 1.807) is 7.11 Å². The third-order valence-electron chi connectivity index (χ3n) is 5.04. The smallest absolute Gasteiger partial charge is 0.227 e. The number of hydrogen-bond donors (Lipinski definition) is 1. The highest BCUT2D eigenvalue weighted by atomic mass is 16.5. The molecule has 134 valence electrons. The number of benzene rings is 2. The van der Waals surface area contributed by atoms with Crippen LogP contribution in [0.3, 0.4) is 0 Å². The van der Waals surface area contributed by atoms with Gasteiger partial charge < -0.3 is 14.6 Å². The highest BCUT2D eigenvalue weighted by molar-refractivity contribution is 5.80. The summed E-state index contributed by atoms with van der Waals surface area (Å²) < 4.78 is 5.27. The van der Waals surface area contributed by atoms with E-state index in [0.717, 1.165) is 54.0 Å². The number of para-hydroxylation sites is 2. The van der Waals surface area contributed by atoms with Crippen LogP contribution in [0, 0.1) is 0 Å². The van der Waals surface area contributed by atoms with Gasteiger partial charge in [0.1, 0.15) is 11.6 Å². The third kappa shape index (κ3) is 3.29. The topological polar surface area (TPSA) is 58.2 Å². The summed E-state index contributed by atoms with van der Waals surface area (Å²) in [5, 5.41) is 0. The van der Waals surface area contributed by atoms with Crippen molar-refractivity contribution in [2.24, 2.45) is 0 Å². The van der Waals surface area contributed by atoms with Crippen molar-refractivity contribution in [2.75, 3.05) is 13.7 Å². The number of carbonyl (C=O) groups excluding carboxylic acids is 1.